The molecular formula is C10H14IN. The molecule has 1 saturated heterocycles. The first kappa shape index (κ1) is 8.75. The van der Waals surface area contributed by atoms with E-state index in [-0.39, 0.29) is 0 Å². The van der Waals surface area contributed by atoms with E-state index in [9.17, 15) is 0 Å². The van der Waals surface area contributed by atoms with Crippen molar-refractivity contribution in [2.45, 2.75) is 13.3 Å². The lowest BCUT2D eigenvalue weighted by molar-refractivity contribution is 0.183. The van der Waals surface area contributed by atoms with E-state index >= 15 is 0 Å². The highest BCUT2D eigenvalue weighted by Gasteiger charge is 2.32. The molecule has 12 heavy (non-hydrogen) atoms. The molecule has 1 nitrogen and oxygen atoms in total. The molecule has 1 atom stereocenters. The minimum atomic E-state index is 0.834. The summed E-state index contributed by atoms with van der Waals surface area (Å²) in [7, 11) is 0. The molecule has 0 saturated carbocycles. The Morgan fingerprint density at radius 1 is 1.50 bits per heavy atom. The lowest BCUT2D eigenvalue weighted by atomic mass is 9.78. The first-order valence-corrected chi connectivity index (χ1v) is 5.48. The van der Waals surface area contributed by atoms with Crippen molar-refractivity contribution >= 4 is 22.9 Å². The Morgan fingerprint density at radius 2 is 2.25 bits per heavy atom. The summed E-state index contributed by atoms with van der Waals surface area (Å²) in [6.07, 6.45) is 8.02. The fourth-order valence-corrected chi connectivity index (χ4v) is 3.04. The Labute approximate surface area is 88.0 Å². The van der Waals surface area contributed by atoms with E-state index in [2.05, 4.69) is 51.1 Å². The summed E-state index contributed by atoms with van der Waals surface area (Å²) in [5.41, 5.74) is 1.58. The molecule has 1 fully saturated rings. The largest absolute Gasteiger partial charge is 0.247 e. The van der Waals surface area contributed by atoms with Gasteiger partial charge in [0.1, 0.15) is 0 Å². The van der Waals surface area contributed by atoms with Crippen LogP contribution in [-0.2, 0) is 0 Å². The van der Waals surface area contributed by atoms with Gasteiger partial charge in [-0.1, -0.05) is 23.8 Å². The quantitative estimate of drug-likeness (QED) is 0.525. The number of hydrogen-bond donors (Lipinski definition) is 0. The van der Waals surface area contributed by atoms with E-state index < -0.39 is 0 Å². The molecule has 0 N–H and O–H groups in total. The normalized spacial score (nSPS) is 31.5. The maximum atomic E-state index is 2.41. The third-order valence-corrected chi connectivity index (χ3v) is 3.69. The van der Waals surface area contributed by atoms with E-state index in [0.717, 1.165) is 11.8 Å². The molecule has 2 rings (SSSR count). The molecule has 2 heteroatoms. The minimum absolute atomic E-state index is 0.834. The molecule has 1 heterocycles. The molecule has 0 amide bonds. The summed E-state index contributed by atoms with van der Waals surface area (Å²) in [6, 6.07) is 0. The molecule has 0 bridgehead atoms. The van der Waals surface area contributed by atoms with Crippen molar-refractivity contribution in [3.05, 3.63) is 23.8 Å². The number of nitrogens with zero attached hydrogens (tertiary/aromatic N) is 1. The molecule has 1 aliphatic heterocycles. The van der Waals surface area contributed by atoms with Crippen LogP contribution in [0.25, 0.3) is 0 Å². The molecule has 0 spiro atoms. The summed E-state index contributed by atoms with van der Waals surface area (Å²) < 4.78 is 2.37. The maximum absolute atomic E-state index is 2.41. The second-order valence-corrected chi connectivity index (χ2v) is 5.13. The van der Waals surface area contributed by atoms with Crippen molar-refractivity contribution in [2.75, 3.05) is 13.1 Å². The highest BCUT2D eigenvalue weighted by atomic mass is 127. The fourth-order valence-electron chi connectivity index (χ4n) is 2.03. The lowest BCUT2D eigenvalue weighted by Crippen LogP contribution is -2.44. The summed E-state index contributed by atoms with van der Waals surface area (Å²) in [4.78, 5) is 0. The Kier molecular flexibility index (Phi) is 2.55. The van der Waals surface area contributed by atoms with Gasteiger partial charge in [-0.15, -0.1) is 0 Å². The second kappa shape index (κ2) is 3.50. The van der Waals surface area contributed by atoms with E-state index in [4.69, 9.17) is 0 Å². The van der Waals surface area contributed by atoms with Gasteiger partial charge in [-0.3, -0.25) is 0 Å². The van der Waals surface area contributed by atoms with Crippen LogP contribution in [-0.4, -0.2) is 16.2 Å². The third kappa shape index (κ3) is 1.59. The van der Waals surface area contributed by atoms with Crippen LogP contribution >= 0.6 is 22.9 Å². The summed E-state index contributed by atoms with van der Waals surface area (Å²) in [5, 5.41) is 0. The van der Waals surface area contributed by atoms with Crippen LogP contribution in [0.1, 0.15) is 13.3 Å². The lowest BCUT2D eigenvalue weighted by Gasteiger charge is -2.40. The SMILES string of the molecule is CC1=CC=CCC1C1CN(I)C1. The van der Waals surface area contributed by atoms with Gasteiger partial charge >= 0.3 is 0 Å². The van der Waals surface area contributed by atoms with Crippen molar-refractivity contribution < 1.29 is 0 Å². The van der Waals surface area contributed by atoms with Crippen LogP contribution in [0.15, 0.2) is 23.8 Å². The van der Waals surface area contributed by atoms with Crippen molar-refractivity contribution in [1.29, 1.82) is 0 Å². The van der Waals surface area contributed by atoms with Gasteiger partial charge in [0, 0.05) is 36.0 Å². The van der Waals surface area contributed by atoms with E-state index in [0.29, 0.717) is 0 Å². The number of rotatable bonds is 1. The zero-order valence-electron chi connectivity index (χ0n) is 7.33. The minimum Gasteiger partial charge on any atom is -0.247 e. The molecule has 0 aromatic carbocycles. The Hall–Kier alpha value is 0.170. The van der Waals surface area contributed by atoms with Gasteiger partial charge in [0.2, 0.25) is 0 Å². The van der Waals surface area contributed by atoms with Gasteiger partial charge in [0.25, 0.3) is 0 Å². The van der Waals surface area contributed by atoms with Crippen LogP contribution in [0.2, 0.25) is 0 Å². The van der Waals surface area contributed by atoms with Crippen molar-refractivity contribution in [2.24, 2.45) is 11.8 Å². The molecule has 1 unspecified atom stereocenters. The number of halogens is 1. The fraction of sp³-hybridized carbons (Fsp3) is 0.600. The van der Waals surface area contributed by atoms with Gasteiger partial charge in [0.05, 0.1) is 0 Å². The summed E-state index contributed by atoms with van der Waals surface area (Å²) in [6.45, 7) is 4.83. The zero-order chi connectivity index (χ0) is 8.55. The van der Waals surface area contributed by atoms with Crippen LogP contribution < -0.4 is 0 Å². The summed E-state index contributed by atoms with van der Waals surface area (Å²) >= 11 is 2.41. The first-order chi connectivity index (χ1) is 5.77. The monoisotopic (exact) mass is 275 g/mol. The maximum Gasteiger partial charge on any atom is 0.0201 e. The van der Waals surface area contributed by atoms with Crippen LogP contribution in [0.5, 0.6) is 0 Å². The second-order valence-electron chi connectivity index (χ2n) is 3.77. The summed E-state index contributed by atoms with van der Waals surface area (Å²) in [5.74, 6) is 1.75. The van der Waals surface area contributed by atoms with Crippen molar-refractivity contribution in [3.8, 4) is 0 Å². The van der Waals surface area contributed by atoms with Crippen LogP contribution in [0.3, 0.4) is 0 Å². The molecule has 0 aromatic rings. The molecule has 0 aromatic heterocycles. The highest BCUT2D eigenvalue weighted by molar-refractivity contribution is 14.1. The highest BCUT2D eigenvalue weighted by Crippen LogP contribution is 2.34. The molecule has 1 aliphatic carbocycles. The Balaban J connectivity index is 1.97. The molecule has 0 radical (unpaired) electrons. The van der Waals surface area contributed by atoms with E-state index in [1.54, 1.807) is 5.57 Å². The van der Waals surface area contributed by atoms with E-state index in [1.165, 1.54) is 19.5 Å². The average molecular weight is 275 g/mol. The van der Waals surface area contributed by atoms with Gasteiger partial charge in [-0.25, -0.2) is 3.11 Å². The van der Waals surface area contributed by atoms with Gasteiger partial charge < -0.3 is 0 Å². The van der Waals surface area contributed by atoms with Crippen molar-refractivity contribution in [3.63, 3.8) is 0 Å². The predicted octanol–water partition coefficient (Wildman–Crippen LogP) is 2.79. The number of allylic oxidation sites excluding steroid dienone is 4. The first-order valence-electron chi connectivity index (χ1n) is 4.51. The topological polar surface area (TPSA) is 3.24 Å². The van der Waals surface area contributed by atoms with Gasteiger partial charge in [-0.2, -0.15) is 0 Å². The number of hydrogen-bond acceptors (Lipinski definition) is 1. The molecule has 66 valence electrons. The van der Waals surface area contributed by atoms with Crippen LogP contribution in [0.4, 0.5) is 0 Å². The molecular weight excluding hydrogens is 261 g/mol. The third-order valence-electron chi connectivity index (χ3n) is 2.90. The Morgan fingerprint density at radius 3 is 2.83 bits per heavy atom. The molecule has 2 aliphatic rings. The average Bonchev–Trinajstić information content (AvgIpc) is 2.01. The van der Waals surface area contributed by atoms with E-state index in [1.807, 2.05) is 0 Å². The predicted molar refractivity (Wildman–Crippen MR) is 60.1 cm³/mol. The van der Waals surface area contributed by atoms with Crippen LogP contribution in [0, 0.1) is 11.8 Å². The van der Waals surface area contributed by atoms with Gasteiger partial charge in [0.15, 0.2) is 0 Å². The van der Waals surface area contributed by atoms with Crippen molar-refractivity contribution in [1.82, 2.24) is 3.11 Å². The smallest absolute Gasteiger partial charge is 0.0201 e. The van der Waals surface area contributed by atoms with Gasteiger partial charge in [-0.05, 0) is 25.2 Å². The Bertz CT molecular complexity index is 226. The zero-order valence-corrected chi connectivity index (χ0v) is 9.49. The standard InChI is InChI=1S/C10H14IN/c1-8-4-2-3-5-10(8)9-6-12(11)7-9/h2-4,9-10H,5-7H2,1H3.